The molecule has 2 aromatic rings. The van der Waals surface area contributed by atoms with Crippen LogP contribution in [-0.4, -0.2) is 22.4 Å². The minimum absolute atomic E-state index is 0.255. The van der Waals surface area contributed by atoms with Crippen molar-refractivity contribution in [1.29, 1.82) is 0 Å². The maximum atomic E-state index is 12.1. The molecular formula is C16H19ClN4O. The number of aromatic nitrogens is 2. The maximum absolute atomic E-state index is 12.1. The van der Waals surface area contributed by atoms with Gasteiger partial charge in [0.2, 0.25) is 5.95 Å². The summed E-state index contributed by atoms with van der Waals surface area (Å²) in [6.07, 6.45) is 1.57. The van der Waals surface area contributed by atoms with Crippen molar-refractivity contribution in [1.82, 2.24) is 15.3 Å². The van der Waals surface area contributed by atoms with Gasteiger partial charge in [-0.25, -0.2) is 9.97 Å². The fourth-order valence-corrected chi connectivity index (χ4v) is 1.98. The van der Waals surface area contributed by atoms with E-state index in [2.05, 4.69) is 34.4 Å². The number of carbonyl (C=O) groups excluding carboxylic acids is 1. The fourth-order valence-electron chi connectivity index (χ4n) is 1.77. The number of hydrogen-bond acceptors (Lipinski definition) is 4. The minimum atomic E-state index is -0.255. The van der Waals surface area contributed by atoms with E-state index < -0.39 is 0 Å². The molecule has 5 nitrogen and oxygen atoms in total. The van der Waals surface area contributed by atoms with E-state index in [1.807, 2.05) is 18.2 Å². The van der Waals surface area contributed by atoms with Crippen LogP contribution in [0.1, 0.15) is 29.9 Å². The topological polar surface area (TPSA) is 66.9 Å². The highest BCUT2D eigenvalue weighted by molar-refractivity contribution is 6.31. The summed E-state index contributed by atoms with van der Waals surface area (Å²) in [4.78, 5) is 20.5. The van der Waals surface area contributed by atoms with Crippen molar-refractivity contribution in [3.8, 4) is 0 Å². The van der Waals surface area contributed by atoms with Crippen LogP contribution in [0.15, 0.2) is 36.5 Å². The maximum Gasteiger partial charge on any atom is 0.270 e. The highest BCUT2D eigenvalue weighted by Crippen LogP contribution is 2.14. The van der Waals surface area contributed by atoms with Gasteiger partial charge in [-0.05, 0) is 23.6 Å². The summed E-state index contributed by atoms with van der Waals surface area (Å²) in [6.45, 7) is 5.29. The summed E-state index contributed by atoms with van der Waals surface area (Å²) in [5.74, 6) is 0.676. The molecule has 1 aromatic carbocycles. The first-order valence-electron chi connectivity index (χ1n) is 7.15. The third kappa shape index (κ3) is 4.70. The van der Waals surface area contributed by atoms with E-state index in [0.29, 0.717) is 29.1 Å². The van der Waals surface area contributed by atoms with Crippen LogP contribution in [0.5, 0.6) is 0 Å². The standard InChI is InChI=1S/C16H19ClN4O/c1-11(2)9-20-16-18-8-7-14(21-16)15(22)19-10-12-5-3-4-6-13(12)17/h3-8,11H,9-10H2,1-2H3,(H,19,22)(H,18,20,21). The lowest BCUT2D eigenvalue weighted by Crippen LogP contribution is -2.24. The second kappa shape index (κ2) is 7.75. The first-order valence-corrected chi connectivity index (χ1v) is 7.52. The number of carbonyl (C=O) groups is 1. The number of nitrogens with zero attached hydrogens (tertiary/aromatic N) is 2. The van der Waals surface area contributed by atoms with Crippen LogP contribution >= 0.6 is 11.6 Å². The van der Waals surface area contributed by atoms with Crippen LogP contribution in [0, 0.1) is 5.92 Å². The predicted octanol–water partition coefficient (Wildman–Crippen LogP) is 3.13. The van der Waals surface area contributed by atoms with Gasteiger partial charge in [-0.1, -0.05) is 43.6 Å². The molecule has 2 rings (SSSR count). The van der Waals surface area contributed by atoms with Gasteiger partial charge in [0.25, 0.3) is 5.91 Å². The normalized spacial score (nSPS) is 10.5. The highest BCUT2D eigenvalue weighted by Gasteiger charge is 2.09. The zero-order valence-electron chi connectivity index (χ0n) is 12.6. The second-order valence-electron chi connectivity index (χ2n) is 5.31. The summed E-state index contributed by atoms with van der Waals surface area (Å²) in [6, 6.07) is 8.99. The molecule has 1 heterocycles. The van der Waals surface area contributed by atoms with Crippen LogP contribution < -0.4 is 10.6 Å². The predicted molar refractivity (Wildman–Crippen MR) is 88.0 cm³/mol. The number of hydrogen-bond donors (Lipinski definition) is 2. The Balaban J connectivity index is 1.97. The Morgan fingerprint density at radius 2 is 2.05 bits per heavy atom. The van der Waals surface area contributed by atoms with Crippen molar-refractivity contribution in [2.45, 2.75) is 20.4 Å². The van der Waals surface area contributed by atoms with Crippen LogP contribution in [0.2, 0.25) is 5.02 Å². The Kier molecular flexibility index (Phi) is 5.72. The average Bonchev–Trinajstić information content (AvgIpc) is 2.52. The zero-order valence-corrected chi connectivity index (χ0v) is 13.4. The quantitative estimate of drug-likeness (QED) is 0.858. The fraction of sp³-hybridized carbons (Fsp3) is 0.312. The SMILES string of the molecule is CC(C)CNc1nccc(C(=O)NCc2ccccc2Cl)n1. The molecule has 2 N–H and O–H groups in total. The van der Waals surface area contributed by atoms with E-state index in [0.717, 1.165) is 12.1 Å². The third-order valence-electron chi connectivity index (χ3n) is 2.95. The van der Waals surface area contributed by atoms with E-state index in [1.165, 1.54) is 0 Å². The molecule has 1 aromatic heterocycles. The Morgan fingerprint density at radius 3 is 2.77 bits per heavy atom. The van der Waals surface area contributed by atoms with E-state index in [4.69, 9.17) is 11.6 Å². The lowest BCUT2D eigenvalue weighted by atomic mass is 10.2. The van der Waals surface area contributed by atoms with Gasteiger partial charge in [0.05, 0.1) is 0 Å². The van der Waals surface area contributed by atoms with Gasteiger partial charge in [-0.2, -0.15) is 0 Å². The molecule has 0 saturated carbocycles. The highest BCUT2D eigenvalue weighted by atomic mass is 35.5. The minimum Gasteiger partial charge on any atom is -0.354 e. The lowest BCUT2D eigenvalue weighted by Gasteiger charge is -2.09. The van der Waals surface area contributed by atoms with E-state index >= 15 is 0 Å². The number of benzene rings is 1. The average molecular weight is 319 g/mol. The first-order chi connectivity index (χ1) is 10.6. The van der Waals surface area contributed by atoms with Gasteiger partial charge in [0, 0.05) is 24.3 Å². The largest absolute Gasteiger partial charge is 0.354 e. The summed E-state index contributed by atoms with van der Waals surface area (Å²) in [5, 5.41) is 6.54. The first kappa shape index (κ1) is 16.2. The van der Waals surface area contributed by atoms with E-state index in [-0.39, 0.29) is 5.91 Å². The number of nitrogens with one attached hydrogen (secondary N) is 2. The molecule has 0 radical (unpaired) electrons. The van der Waals surface area contributed by atoms with Crippen molar-refractivity contribution in [3.63, 3.8) is 0 Å². The molecule has 0 aliphatic heterocycles. The van der Waals surface area contributed by atoms with Gasteiger partial charge in [0.15, 0.2) is 0 Å². The second-order valence-corrected chi connectivity index (χ2v) is 5.72. The molecule has 0 aliphatic rings. The van der Waals surface area contributed by atoms with Gasteiger partial charge < -0.3 is 10.6 Å². The molecule has 116 valence electrons. The third-order valence-corrected chi connectivity index (χ3v) is 3.32. The summed E-state index contributed by atoms with van der Waals surface area (Å²) in [7, 11) is 0. The number of rotatable bonds is 6. The van der Waals surface area contributed by atoms with Crippen LogP contribution in [0.3, 0.4) is 0 Å². The molecule has 0 unspecified atom stereocenters. The molecule has 22 heavy (non-hydrogen) atoms. The smallest absolute Gasteiger partial charge is 0.270 e. The van der Waals surface area contributed by atoms with E-state index in [1.54, 1.807) is 18.3 Å². The van der Waals surface area contributed by atoms with Gasteiger partial charge in [-0.3, -0.25) is 4.79 Å². The van der Waals surface area contributed by atoms with Crippen LogP contribution in [0.25, 0.3) is 0 Å². The number of halogens is 1. The Morgan fingerprint density at radius 1 is 1.27 bits per heavy atom. The van der Waals surface area contributed by atoms with Crippen molar-refractivity contribution < 1.29 is 4.79 Å². The molecular weight excluding hydrogens is 300 g/mol. The number of amides is 1. The molecule has 6 heteroatoms. The summed E-state index contributed by atoms with van der Waals surface area (Å²) < 4.78 is 0. The molecule has 0 fully saturated rings. The summed E-state index contributed by atoms with van der Waals surface area (Å²) >= 11 is 6.06. The van der Waals surface area contributed by atoms with Crippen molar-refractivity contribution >= 4 is 23.5 Å². The summed E-state index contributed by atoms with van der Waals surface area (Å²) in [5.41, 5.74) is 1.19. The molecule has 0 atom stereocenters. The zero-order chi connectivity index (χ0) is 15.9. The van der Waals surface area contributed by atoms with Gasteiger partial charge in [-0.15, -0.1) is 0 Å². The van der Waals surface area contributed by atoms with Gasteiger partial charge >= 0.3 is 0 Å². The van der Waals surface area contributed by atoms with Crippen molar-refractivity contribution in [3.05, 3.63) is 52.8 Å². The van der Waals surface area contributed by atoms with Crippen molar-refractivity contribution in [2.24, 2.45) is 5.92 Å². The van der Waals surface area contributed by atoms with Crippen LogP contribution in [-0.2, 0) is 6.54 Å². The van der Waals surface area contributed by atoms with Crippen molar-refractivity contribution in [2.75, 3.05) is 11.9 Å². The number of anilines is 1. The monoisotopic (exact) mass is 318 g/mol. The molecule has 0 spiro atoms. The molecule has 0 aliphatic carbocycles. The van der Waals surface area contributed by atoms with Crippen LogP contribution in [0.4, 0.5) is 5.95 Å². The lowest BCUT2D eigenvalue weighted by molar-refractivity contribution is 0.0946. The molecule has 0 saturated heterocycles. The Hall–Kier alpha value is -2.14. The van der Waals surface area contributed by atoms with Gasteiger partial charge in [0.1, 0.15) is 5.69 Å². The molecule has 1 amide bonds. The Bertz CT molecular complexity index is 646. The molecule has 0 bridgehead atoms. The van der Waals surface area contributed by atoms with E-state index in [9.17, 15) is 4.79 Å². The Labute approximate surface area is 135 Å².